The average molecular weight is 131 g/mol. The van der Waals surface area contributed by atoms with Crippen molar-refractivity contribution in [3.05, 3.63) is 24.0 Å². The molecule has 0 aromatic carbocycles. The van der Waals surface area contributed by atoms with Gasteiger partial charge in [0.2, 0.25) is 0 Å². The Hall–Kier alpha value is -1.06. The van der Waals surface area contributed by atoms with Gasteiger partial charge in [-0.2, -0.15) is 10.2 Å². The summed E-state index contributed by atoms with van der Waals surface area (Å²) in [7, 11) is 0. The van der Waals surface area contributed by atoms with Gasteiger partial charge in [-0.05, 0) is 6.07 Å². The van der Waals surface area contributed by atoms with Crippen molar-refractivity contribution in [2.75, 3.05) is 0 Å². The first-order valence-electron chi connectivity index (χ1n) is 2.78. The van der Waals surface area contributed by atoms with Gasteiger partial charge in [0.25, 0.3) is 6.43 Å². The molecule has 2 nitrogen and oxygen atoms in total. The number of aromatic nitrogens is 2. The molecule has 0 aliphatic carbocycles. The molecule has 0 amide bonds. The van der Waals surface area contributed by atoms with Crippen molar-refractivity contribution < 1.29 is 10.2 Å². The van der Waals surface area contributed by atoms with Gasteiger partial charge in [0.15, 0.2) is 0 Å². The summed E-state index contributed by atoms with van der Waals surface area (Å²) in [6.45, 7) is 0. The fourth-order valence-electron chi connectivity index (χ4n) is 0.392. The molecule has 0 bridgehead atoms. The lowest BCUT2D eigenvalue weighted by Gasteiger charge is -1.93. The van der Waals surface area contributed by atoms with Gasteiger partial charge in [0.1, 0.15) is 0 Å². The largest absolute Gasteiger partial charge is 0.265 e. The van der Waals surface area contributed by atoms with Gasteiger partial charge in [0.05, 0.1) is 13.7 Å². The second kappa shape index (κ2) is 2.48. The summed E-state index contributed by atoms with van der Waals surface area (Å²) in [5.74, 6) is 0. The van der Waals surface area contributed by atoms with Crippen LogP contribution in [0.3, 0.4) is 0 Å². The van der Waals surface area contributed by atoms with Crippen LogP contribution in [0.4, 0.5) is 8.78 Å². The Morgan fingerprint density at radius 3 is 2.78 bits per heavy atom. The normalized spacial score (nSPS) is 11.7. The summed E-state index contributed by atoms with van der Waals surface area (Å²) in [4.78, 5) is 0. The fourth-order valence-corrected chi connectivity index (χ4v) is 0.392. The first-order valence-corrected chi connectivity index (χ1v) is 2.28. The zero-order valence-corrected chi connectivity index (χ0v) is 4.38. The fraction of sp³-hybridized carbons (Fsp3) is 0.200. The molecule has 1 heterocycles. The molecule has 48 valence electrons. The van der Waals surface area contributed by atoms with Gasteiger partial charge in [-0.25, -0.2) is 8.78 Å². The SMILES string of the molecule is [2H]c1nnccc1C(F)F. The molecular formula is C5H4F2N2. The van der Waals surface area contributed by atoms with Crippen LogP contribution in [0.2, 0.25) is 0 Å². The second-order valence-electron chi connectivity index (χ2n) is 1.40. The van der Waals surface area contributed by atoms with Crippen LogP contribution in [-0.4, -0.2) is 10.2 Å². The van der Waals surface area contributed by atoms with Crippen LogP contribution in [0.25, 0.3) is 0 Å². The maximum Gasteiger partial charge on any atom is 0.265 e. The summed E-state index contributed by atoms with van der Waals surface area (Å²) in [6.07, 6.45) is -1.96. The van der Waals surface area contributed by atoms with Gasteiger partial charge < -0.3 is 0 Å². The standard InChI is InChI=1S/C5H4F2N2/c6-5(7)4-1-2-8-9-3-4/h1-3,5H/i3D. The summed E-state index contributed by atoms with van der Waals surface area (Å²) in [5.41, 5.74) is -0.380. The van der Waals surface area contributed by atoms with Crippen molar-refractivity contribution in [2.45, 2.75) is 6.43 Å². The van der Waals surface area contributed by atoms with E-state index < -0.39 is 12.6 Å². The molecule has 1 aromatic rings. The molecule has 0 fully saturated rings. The van der Waals surface area contributed by atoms with Gasteiger partial charge in [-0.3, -0.25) is 0 Å². The van der Waals surface area contributed by atoms with E-state index in [0.29, 0.717) is 0 Å². The van der Waals surface area contributed by atoms with E-state index in [0.717, 1.165) is 12.3 Å². The van der Waals surface area contributed by atoms with E-state index >= 15 is 0 Å². The maximum absolute atomic E-state index is 11.8. The minimum atomic E-state index is -2.64. The summed E-state index contributed by atoms with van der Waals surface area (Å²) in [6, 6.07) is 1.08. The molecular weight excluding hydrogens is 126 g/mol. The Bertz CT molecular complexity index is 229. The van der Waals surface area contributed by atoms with Crippen molar-refractivity contribution in [3.8, 4) is 0 Å². The Morgan fingerprint density at radius 1 is 1.56 bits per heavy atom. The minimum Gasteiger partial charge on any atom is -0.205 e. The van der Waals surface area contributed by atoms with E-state index in [9.17, 15) is 8.78 Å². The number of halogens is 2. The van der Waals surface area contributed by atoms with E-state index in [4.69, 9.17) is 1.37 Å². The lowest BCUT2D eigenvalue weighted by molar-refractivity contribution is 0.150. The smallest absolute Gasteiger partial charge is 0.205 e. The van der Waals surface area contributed by atoms with E-state index in [1.54, 1.807) is 0 Å². The predicted octanol–water partition coefficient (Wildman–Crippen LogP) is 1.41. The Kier molecular flexibility index (Phi) is 1.32. The maximum atomic E-state index is 11.8. The van der Waals surface area contributed by atoms with Gasteiger partial charge in [-0.1, -0.05) is 0 Å². The van der Waals surface area contributed by atoms with E-state index in [-0.39, 0.29) is 5.56 Å². The highest BCUT2D eigenvalue weighted by Crippen LogP contribution is 2.15. The number of hydrogen-bond donors (Lipinski definition) is 0. The zero-order chi connectivity index (χ0) is 7.56. The summed E-state index contributed by atoms with van der Waals surface area (Å²) >= 11 is 0. The Morgan fingerprint density at radius 2 is 2.33 bits per heavy atom. The number of alkyl halides is 2. The highest BCUT2D eigenvalue weighted by molar-refractivity contribution is 5.05. The van der Waals surface area contributed by atoms with Crippen LogP contribution in [-0.2, 0) is 0 Å². The van der Waals surface area contributed by atoms with Crippen molar-refractivity contribution in [2.24, 2.45) is 0 Å². The molecule has 0 saturated carbocycles. The van der Waals surface area contributed by atoms with Crippen LogP contribution in [0.15, 0.2) is 18.4 Å². The summed E-state index contributed by atoms with van der Waals surface area (Å²) < 4.78 is 30.5. The monoisotopic (exact) mass is 131 g/mol. The predicted molar refractivity (Wildman–Crippen MR) is 27.0 cm³/mol. The van der Waals surface area contributed by atoms with E-state index in [2.05, 4.69) is 10.2 Å². The minimum absolute atomic E-state index is 0.380. The van der Waals surface area contributed by atoms with Crippen molar-refractivity contribution in [1.29, 1.82) is 0 Å². The van der Waals surface area contributed by atoms with E-state index in [1.165, 1.54) is 0 Å². The van der Waals surface area contributed by atoms with Gasteiger partial charge in [-0.15, -0.1) is 0 Å². The quantitative estimate of drug-likeness (QED) is 0.575. The number of nitrogens with zero attached hydrogens (tertiary/aromatic N) is 2. The van der Waals surface area contributed by atoms with Crippen LogP contribution in [0.5, 0.6) is 0 Å². The van der Waals surface area contributed by atoms with Crippen molar-refractivity contribution >= 4 is 0 Å². The molecule has 1 rings (SSSR count). The van der Waals surface area contributed by atoms with Crippen molar-refractivity contribution in [1.82, 2.24) is 10.2 Å². The summed E-state index contributed by atoms with van der Waals surface area (Å²) in [5, 5.41) is 6.39. The molecule has 0 saturated heterocycles. The van der Waals surface area contributed by atoms with Gasteiger partial charge in [0, 0.05) is 5.56 Å². The molecule has 0 aliphatic rings. The molecule has 1 aromatic heterocycles. The van der Waals surface area contributed by atoms with Crippen LogP contribution >= 0.6 is 0 Å². The molecule has 0 spiro atoms. The van der Waals surface area contributed by atoms with E-state index in [1.807, 2.05) is 0 Å². The van der Waals surface area contributed by atoms with Crippen LogP contribution in [0, 0.1) is 0 Å². The highest BCUT2D eigenvalue weighted by Gasteiger charge is 2.04. The van der Waals surface area contributed by atoms with Gasteiger partial charge >= 0.3 is 0 Å². The Balaban J connectivity index is 3.03. The lowest BCUT2D eigenvalue weighted by Crippen LogP contribution is -1.85. The average Bonchev–Trinajstić information content (AvgIpc) is 1.88. The second-order valence-corrected chi connectivity index (χ2v) is 1.40. The topological polar surface area (TPSA) is 25.8 Å². The highest BCUT2D eigenvalue weighted by atomic mass is 19.3. The molecule has 0 radical (unpaired) electrons. The lowest BCUT2D eigenvalue weighted by atomic mass is 10.3. The molecule has 9 heavy (non-hydrogen) atoms. The van der Waals surface area contributed by atoms with Crippen molar-refractivity contribution in [3.63, 3.8) is 0 Å². The number of rotatable bonds is 1. The molecule has 0 unspecified atom stereocenters. The third-order valence-corrected chi connectivity index (χ3v) is 0.793. The third kappa shape index (κ3) is 1.42. The first-order chi connectivity index (χ1) is 4.72. The third-order valence-electron chi connectivity index (χ3n) is 0.793. The molecule has 0 atom stereocenters. The van der Waals surface area contributed by atoms with Crippen LogP contribution in [0.1, 0.15) is 13.4 Å². The molecule has 0 aliphatic heterocycles. The Labute approximate surface area is 51.9 Å². The first kappa shape index (κ1) is 4.78. The zero-order valence-electron chi connectivity index (χ0n) is 5.38. The molecule has 4 heteroatoms. The molecule has 0 N–H and O–H groups in total. The van der Waals surface area contributed by atoms with Crippen LogP contribution < -0.4 is 0 Å². The number of hydrogen-bond acceptors (Lipinski definition) is 2.